The smallest absolute Gasteiger partial charge is 0.408 e. The number of rotatable bonds is 6. The largest absolute Gasteiger partial charge is 0.496 e. The van der Waals surface area contributed by atoms with Gasteiger partial charge in [0, 0.05) is 17.7 Å². The number of anilines is 1. The fourth-order valence-corrected chi connectivity index (χ4v) is 2.61. The molecule has 2 amide bonds. The Balaban J connectivity index is 2.05. The van der Waals surface area contributed by atoms with Crippen molar-refractivity contribution in [1.82, 2.24) is 5.32 Å². The third kappa shape index (κ3) is 6.61. The molecule has 0 aliphatic heterocycles. The molecule has 0 spiro atoms. The first-order chi connectivity index (χ1) is 13.2. The number of alkyl carbamates (subject to hydrolysis) is 1. The van der Waals surface area contributed by atoms with Crippen LogP contribution in [0.3, 0.4) is 0 Å². The van der Waals surface area contributed by atoms with E-state index in [-0.39, 0.29) is 5.91 Å². The van der Waals surface area contributed by atoms with E-state index < -0.39 is 17.7 Å². The second-order valence-electron chi connectivity index (χ2n) is 7.55. The van der Waals surface area contributed by atoms with Gasteiger partial charge in [-0.1, -0.05) is 30.3 Å². The van der Waals surface area contributed by atoms with Crippen LogP contribution in [0.2, 0.25) is 0 Å². The summed E-state index contributed by atoms with van der Waals surface area (Å²) >= 11 is 0. The SMILES string of the molecule is COc1ccc(NC(=O)[C@@H](C)NC(=O)OC(C)(C)C)cc1Cc1ccccc1. The van der Waals surface area contributed by atoms with Crippen LogP contribution in [0.1, 0.15) is 38.8 Å². The number of hydrogen-bond donors (Lipinski definition) is 2. The lowest BCUT2D eigenvalue weighted by Crippen LogP contribution is -2.43. The predicted octanol–water partition coefficient (Wildman–Crippen LogP) is 4.14. The second-order valence-corrected chi connectivity index (χ2v) is 7.55. The lowest BCUT2D eigenvalue weighted by molar-refractivity contribution is -0.117. The van der Waals surface area contributed by atoms with Crippen molar-refractivity contribution in [2.75, 3.05) is 12.4 Å². The molecule has 0 unspecified atom stereocenters. The molecule has 0 fully saturated rings. The van der Waals surface area contributed by atoms with Gasteiger partial charge in [0.05, 0.1) is 7.11 Å². The van der Waals surface area contributed by atoms with E-state index in [4.69, 9.17) is 9.47 Å². The summed E-state index contributed by atoms with van der Waals surface area (Å²) in [6.45, 7) is 6.91. The van der Waals surface area contributed by atoms with Crippen molar-refractivity contribution in [3.63, 3.8) is 0 Å². The Morgan fingerprint density at radius 2 is 1.75 bits per heavy atom. The number of methoxy groups -OCH3 is 1. The Kier molecular flexibility index (Phi) is 7.04. The number of nitrogens with one attached hydrogen (secondary N) is 2. The Morgan fingerprint density at radius 3 is 2.36 bits per heavy atom. The van der Waals surface area contributed by atoms with Crippen molar-refractivity contribution in [2.45, 2.75) is 45.8 Å². The van der Waals surface area contributed by atoms with Crippen molar-refractivity contribution in [3.8, 4) is 5.75 Å². The van der Waals surface area contributed by atoms with Gasteiger partial charge < -0.3 is 20.1 Å². The van der Waals surface area contributed by atoms with Gasteiger partial charge in [0.2, 0.25) is 5.91 Å². The molecule has 0 aromatic heterocycles. The van der Waals surface area contributed by atoms with Crippen LogP contribution in [-0.2, 0) is 16.0 Å². The molecule has 2 aromatic carbocycles. The van der Waals surface area contributed by atoms with Crippen molar-refractivity contribution in [3.05, 3.63) is 59.7 Å². The fraction of sp³-hybridized carbons (Fsp3) is 0.364. The van der Waals surface area contributed by atoms with E-state index in [0.29, 0.717) is 12.1 Å². The normalized spacial score (nSPS) is 12.0. The van der Waals surface area contributed by atoms with E-state index in [1.807, 2.05) is 42.5 Å². The van der Waals surface area contributed by atoms with Gasteiger partial charge in [-0.05, 0) is 51.5 Å². The summed E-state index contributed by atoms with van der Waals surface area (Å²) in [6, 6.07) is 14.7. The van der Waals surface area contributed by atoms with E-state index in [2.05, 4.69) is 10.6 Å². The van der Waals surface area contributed by atoms with Crippen LogP contribution in [0.4, 0.5) is 10.5 Å². The monoisotopic (exact) mass is 384 g/mol. The summed E-state index contributed by atoms with van der Waals surface area (Å²) in [5.74, 6) is 0.420. The Hall–Kier alpha value is -3.02. The van der Waals surface area contributed by atoms with Crippen molar-refractivity contribution in [1.29, 1.82) is 0 Å². The molecule has 0 aliphatic carbocycles. The minimum absolute atomic E-state index is 0.332. The number of amides is 2. The lowest BCUT2D eigenvalue weighted by atomic mass is 10.0. The Labute approximate surface area is 166 Å². The minimum atomic E-state index is -0.741. The molecule has 0 radical (unpaired) electrons. The van der Waals surface area contributed by atoms with E-state index in [0.717, 1.165) is 16.9 Å². The van der Waals surface area contributed by atoms with Crippen LogP contribution in [-0.4, -0.2) is 30.8 Å². The average molecular weight is 384 g/mol. The molecule has 2 N–H and O–H groups in total. The first-order valence-electron chi connectivity index (χ1n) is 9.19. The molecule has 28 heavy (non-hydrogen) atoms. The molecule has 1 atom stereocenters. The van der Waals surface area contributed by atoms with Gasteiger partial charge in [-0.15, -0.1) is 0 Å². The number of hydrogen-bond acceptors (Lipinski definition) is 4. The number of benzene rings is 2. The highest BCUT2D eigenvalue weighted by molar-refractivity contribution is 5.96. The molecule has 0 saturated heterocycles. The Morgan fingerprint density at radius 1 is 1.07 bits per heavy atom. The zero-order valence-corrected chi connectivity index (χ0v) is 17.0. The van der Waals surface area contributed by atoms with Crippen LogP contribution in [0, 0.1) is 0 Å². The Bertz CT molecular complexity index is 813. The molecule has 2 aromatic rings. The highest BCUT2D eigenvalue weighted by Gasteiger charge is 2.21. The van der Waals surface area contributed by atoms with Crippen molar-refractivity contribution < 1.29 is 19.1 Å². The maximum absolute atomic E-state index is 12.4. The maximum atomic E-state index is 12.4. The van der Waals surface area contributed by atoms with Gasteiger partial charge in [0.1, 0.15) is 17.4 Å². The summed E-state index contributed by atoms with van der Waals surface area (Å²) in [5.41, 5.74) is 2.11. The zero-order valence-electron chi connectivity index (χ0n) is 17.0. The molecule has 150 valence electrons. The molecule has 6 heteroatoms. The van der Waals surface area contributed by atoms with E-state index in [1.54, 1.807) is 40.9 Å². The highest BCUT2D eigenvalue weighted by Crippen LogP contribution is 2.25. The minimum Gasteiger partial charge on any atom is -0.496 e. The van der Waals surface area contributed by atoms with Crippen LogP contribution < -0.4 is 15.4 Å². The summed E-state index contributed by atoms with van der Waals surface area (Å²) in [4.78, 5) is 24.3. The molecule has 0 heterocycles. The van der Waals surface area contributed by atoms with Gasteiger partial charge in [0.15, 0.2) is 0 Å². The van der Waals surface area contributed by atoms with Gasteiger partial charge in [-0.3, -0.25) is 4.79 Å². The molecule has 6 nitrogen and oxygen atoms in total. The zero-order chi connectivity index (χ0) is 20.7. The third-order valence-electron chi connectivity index (χ3n) is 3.91. The van der Waals surface area contributed by atoms with Gasteiger partial charge >= 0.3 is 6.09 Å². The van der Waals surface area contributed by atoms with Crippen LogP contribution in [0.25, 0.3) is 0 Å². The summed E-state index contributed by atoms with van der Waals surface area (Å²) < 4.78 is 10.6. The van der Waals surface area contributed by atoms with E-state index >= 15 is 0 Å². The molecule has 0 saturated carbocycles. The van der Waals surface area contributed by atoms with Crippen molar-refractivity contribution in [2.24, 2.45) is 0 Å². The lowest BCUT2D eigenvalue weighted by Gasteiger charge is -2.21. The molecular weight excluding hydrogens is 356 g/mol. The first kappa shape index (κ1) is 21.3. The van der Waals surface area contributed by atoms with Gasteiger partial charge in [-0.2, -0.15) is 0 Å². The molecule has 0 bridgehead atoms. The average Bonchev–Trinajstić information content (AvgIpc) is 2.61. The van der Waals surface area contributed by atoms with Crippen LogP contribution >= 0.6 is 0 Å². The standard InChI is InChI=1S/C22H28N2O4/c1-15(23-21(26)28-22(2,3)4)20(25)24-18-11-12-19(27-5)17(14-18)13-16-9-7-6-8-10-16/h6-12,14-15H,13H2,1-5H3,(H,23,26)(H,24,25)/t15-/m1/s1. The van der Waals surface area contributed by atoms with Crippen LogP contribution in [0.15, 0.2) is 48.5 Å². The highest BCUT2D eigenvalue weighted by atomic mass is 16.6. The summed E-state index contributed by atoms with van der Waals surface area (Å²) in [5, 5.41) is 5.36. The molecular formula is C22H28N2O4. The van der Waals surface area contributed by atoms with Crippen molar-refractivity contribution >= 4 is 17.7 Å². The van der Waals surface area contributed by atoms with E-state index in [1.165, 1.54) is 0 Å². The third-order valence-corrected chi connectivity index (χ3v) is 3.91. The number of carbonyl (C=O) groups excluding carboxylic acids is 2. The maximum Gasteiger partial charge on any atom is 0.408 e. The summed E-state index contributed by atoms with van der Waals surface area (Å²) in [6.07, 6.45) is 0.0500. The number of ether oxygens (including phenoxy) is 2. The quantitative estimate of drug-likeness (QED) is 0.785. The van der Waals surface area contributed by atoms with Gasteiger partial charge in [-0.25, -0.2) is 4.79 Å². The molecule has 2 rings (SSSR count). The topological polar surface area (TPSA) is 76.7 Å². The van der Waals surface area contributed by atoms with Crippen LogP contribution in [0.5, 0.6) is 5.75 Å². The number of carbonyl (C=O) groups is 2. The predicted molar refractivity (Wildman–Crippen MR) is 110 cm³/mol. The molecule has 0 aliphatic rings. The van der Waals surface area contributed by atoms with Gasteiger partial charge in [0.25, 0.3) is 0 Å². The fourth-order valence-electron chi connectivity index (χ4n) is 2.61. The second kappa shape index (κ2) is 9.26. The summed E-state index contributed by atoms with van der Waals surface area (Å²) in [7, 11) is 1.62. The first-order valence-corrected chi connectivity index (χ1v) is 9.19. The van der Waals surface area contributed by atoms with E-state index in [9.17, 15) is 9.59 Å².